The van der Waals surface area contributed by atoms with Gasteiger partial charge in [-0.25, -0.2) is 0 Å². The van der Waals surface area contributed by atoms with Crippen LogP contribution in [0.3, 0.4) is 0 Å². The van der Waals surface area contributed by atoms with Gasteiger partial charge < -0.3 is 10.6 Å². The maximum Gasteiger partial charge on any atom is 0.269 e. The van der Waals surface area contributed by atoms with Crippen LogP contribution in [-0.2, 0) is 13.0 Å². The molecule has 0 radical (unpaired) electrons. The summed E-state index contributed by atoms with van der Waals surface area (Å²) >= 11 is 0. The SMILES string of the molecule is CCc1cc(C(=O)NC(C)C2CCCNC2)n(CC)n1. The lowest BCUT2D eigenvalue weighted by atomic mass is 9.93. The summed E-state index contributed by atoms with van der Waals surface area (Å²) in [7, 11) is 0. The molecule has 20 heavy (non-hydrogen) atoms. The van der Waals surface area contributed by atoms with Crippen LogP contribution in [0, 0.1) is 5.92 Å². The first-order valence-corrected chi connectivity index (χ1v) is 7.74. The molecule has 0 aliphatic carbocycles. The van der Waals surface area contributed by atoms with E-state index < -0.39 is 0 Å². The average Bonchev–Trinajstić information content (AvgIpc) is 2.91. The third-order valence-corrected chi connectivity index (χ3v) is 4.13. The van der Waals surface area contributed by atoms with E-state index in [4.69, 9.17) is 0 Å². The number of carbonyl (C=O) groups excluding carboxylic acids is 1. The molecule has 0 aromatic carbocycles. The van der Waals surface area contributed by atoms with Crippen molar-refractivity contribution in [2.75, 3.05) is 13.1 Å². The molecule has 1 aliphatic heterocycles. The Labute approximate surface area is 121 Å². The summed E-state index contributed by atoms with van der Waals surface area (Å²) in [5.41, 5.74) is 1.66. The van der Waals surface area contributed by atoms with Gasteiger partial charge in [-0.05, 0) is 58.2 Å². The molecule has 0 saturated carbocycles. The molecule has 1 aliphatic rings. The highest BCUT2D eigenvalue weighted by Crippen LogP contribution is 2.15. The molecule has 2 heterocycles. The van der Waals surface area contributed by atoms with Gasteiger partial charge in [-0.15, -0.1) is 0 Å². The molecule has 2 rings (SSSR count). The van der Waals surface area contributed by atoms with Crippen LogP contribution in [0.25, 0.3) is 0 Å². The number of amides is 1. The number of nitrogens with one attached hydrogen (secondary N) is 2. The second kappa shape index (κ2) is 6.88. The number of hydrogen-bond acceptors (Lipinski definition) is 3. The summed E-state index contributed by atoms with van der Waals surface area (Å²) in [5, 5.41) is 11.0. The fraction of sp³-hybridized carbons (Fsp3) is 0.733. The average molecular weight is 278 g/mol. The Hall–Kier alpha value is -1.36. The molecule has 1 saturated heterocycles. The Morgan fingerprint density at radius 1 is 1.60 bits per heavy atom. The molecule has 1 fully saturated rings. The monoisotopic (exact) mass is 278 g/mol. The molecule has 0 spiro atoms. The lowest BCUT2D eigenvalue weighted by molar-refractivity contribution is 0.0911. The first-order chi connectivity index (χ1) is 9.65. The molecule has 2 atom stereocenters. The van der Waals surface area contributed by atoms with E-state index in [1.807, 2.05) is 13.0 Å². The summed E-state index contributed by atoms with van der Waals surface area (Å²) in [6.07, 6.45) is 3.23. The third kappa shape index (κ3) is 3.39. The first-order valence-electron chi connectivity index (χ1n) is 7.74. The number of aryl methyl sites for hydroxylation is 2. The van der Waals surface area contributed by atoms with E-state index in [9.17, 15) is 4.79 Å². The van der Waals surface area contributed by atoms with E-state index in [0.29, 0.717) is 11.6 Å². The van der Waals surface area contributed by atoms with Crippen molar-refractivity contribution in [1.29, 1.82) is 0 Å². The van der Waals surface area contributed by atoms with Crippen molar-refractivity contribution in [1.82, 2.24) is 20.4 Å². The van der Waals surface area contributed by atoms with Crippen LogP contribution in [0.2, 0.25) is 0 Å². The van der Waals surface area contributed by atoms with E-state index in [-0.39, 0.29) is 11.9 Å². The Morgan fingerprint density at radius 3 is 3.00 bits per heavy atom. The zero-order valence-corrected chi connectivity index (χ0v) is 12.8. The van der Waals surface area contributed by atoms with Gasteiger partial charge in [0.2, 0.25) is 0 Å². The number of piperidine rings is 1. The number of nitrogens with zero attached hydrogens (tertiary/aromatic N) is 2. The van der Waals surface area contributed by atoms with Crippen molar-refractivity contribution >= 4 is 5.91 Å². The predicted octanol–water partition coefficient (Wildman–Crippen LogP) is 1.58. The number of carbonyl (C=O) groups is 1. The van der Waals surface area contributed by atoms with E-state index in [2.05, 4.69) is 29.6 Å². The zero-order chi connectivity index (χ0) is 14.5. The summed E-state index contributed by atoms with van der Waals surface area (Å²) in [5.74, 6) is 0.522. The molecule has 1 amide bonds. The number of aromatic nitrogens is 2. The smallest absolute Gasteiger partial charge is 0.269 e. The molecule has 5 heteroatoms. The summed E-state index contributed by atoms with van der Waals surface area (Å²) in [6, 6.07) is 2.10. The summed E-state index contributed by atoms with van der Waals surface area (Å²) in [6.45, 7) is 8.98. The molecule has 5 nitrogen and oxygen atoms in total. The van der Waals surface area contributed by atoms with Gasteiger partial charge in [0.1, 0.15) is 5.69 Å². The van der Waals surface area contributed by atoms with E-state index >= 15 is 0 Å². The summed E-state index contributed by atoms with van der Waals surface area (Å²) in [4.78, 5) is 12.4. The van der Waals surface area contributed by atoms with Crippen molar-refractivity contribution in [2.24, 2.45) is 5.92 Å². The van der Waals surface area contributed by atoms with Crippen molar-refractivity contribution in [3.8, 4) is 0 Å². The number of rotatable bonds is 5. The fourth-order valence-electron chi connectivity index (χ4n) is 2.77. The quantitative estimate of drug-likeness (QED) is 0.860. The van der Waals surface area contributed by atoms with Crippen LogP contribution < -0.4 is 10.6 Å². The Kier molecular flexibility index (Phi) is 5.17. The van der Waals surface area contributed by atoms with Crippen LogP contribution in [0.5, 0.6) is 0 Å². The Bertz CT molecular complexity index is 449. The van der Waals surface area contributed by atoms with E-state index in [0.717, 1.165) is 31.7 Å². The minimum atomic E-state index is -0.00266. The lowest BCUT2D eigenvalue weighted by Gasteiger charge is -2.28. The second-order valence-corrected chi connectivity index (χ2v) is 5.56. The highest BCUT2D eigenvalue weighted by molar-refractivity contribution is 5.92. The maximum absolute atomic E-state index is 12.4. The van der Waals surface area contributed by atoms with Crippen LogP contribution in [0.1, 0.15) is 49.8 Å². The van der Waals surface area contributed by atoms with Gasteiger partial charge >= 0.3 is 0 Å². The molecule has 0 bridgehead atoms. The lowest BCUT2D eigenvalue weighted by Crippen LogP contribution is -2.45. The van der Waals surface area contributed by atoms with Crippen LogP contribution in [-0.4, -0.2) is 34.8 Å². The zero-order valence-electron chi connectivity index (χ0n) is 12.8. The molecular weight excluding hydrogens is 252 g/mol. The molecule has 1 aromatic heterocycles. The Balaban J connectivity index is 2.01. The molecular formula is C15H26N4O. The molecule has 2 N–H and O–H groups in total. The minimum absolute atomic E-state index is 0.00266. The first kappa shape index (κ1) is 15.0. The topological polar surface area (TPSA) is 59.0 Å². The van der Waals surface area contributed by atoms with E-state index in [1.54, 1.807) is 4.68 Å². The van der Waals surface area contributed by atoms with Gasteiger partial charge in [0.05, 0.1) is 5.69 Å². The van der Waals surface area contributed by atoms with Crippen LogP contribution in [0.4, 0.5) is 0 Å². The Morgan fingerprint density at radius 2 is 2.40 bits per heavy atom. The maximum atomic E-state index is 12.4. The molecule has 112 valence electrons. The van der Waals surface area contributed by atoms with Gasteiger partial charge in [-0.2, -0.15) is 5.10 Å². The standard InChI is InChI=1S/C15H26N4O/c1-4-13-9-14(19(5-2)18-13)15(20)17-11(3)12-7-6-8-16-10-12/h9,11-12,16H,4-8,10H2,1-3H3,(H,17,20). The number of hydrogen-bond donors (Lipinski definition) is 2. The van der Waals surface area contributed by atoms with Gasteiger partial charge in [0.15, 0.2) is 0 Å². The largest absolute Gasteiger partial charge is 0.348 e. The van der Waals surface area contributed by atoms with Crippen molar-refractivity contribution in [3.63, 3.8) is 0 Å². The normalized spacial score (nSPS) is 20.6. The van der Waals surface area contributed by atoms with Crippen molar-refractivity contribution < 1.29 is 4.79 Å². The minimum Gasteiger partial charge on any atom is -0.348 e. The highest BCUT2D eigenvalue weighted by atomic mass is 16.2. The predicted molar refractivity (Wildman–Crippen MR) is 79.8 cm³/mol. The van der Waals surface area contributed by atoms with Crippen LogP contribution >= 0.6 is 0 Å². The summed E-state index contributed by atoms with van der Waals surface area (Å²) < 4.78 is 1.79. The van der Waals surface area contributed by atoms with Gasteiger partial charge in [0.25, 0.3) is 5.91 Å². The second-order valence-electron chi connectivity index (χ2n) is 5.56. The fourth-order valence-corrected chi connectivity index (χ4v) is 2.77. The molecule has 1 aromatic rings. The molecule has 2 unspecified atom stereocenters. The van der Waals surface area contributed by atoms with Crippen molar-refractivity contribution in [2.45, 2.75) is 52.6 Å². The highest BCUT2D eigenvalue weighted by Gasteiger charge is 2.23. The van der Waals surface area contributed by atoms with Gasteiger partial charge in [-0.1, -0.05) is 6.92 Å². The van der Waals surface area contributed by atoms with E-state index in [1.165, 1.54) is 12.8 Å². The van der Waals surface area contributed by atoms with Gasteiger partial charge in [-0.3, -0.25) is 9.48 Å². The third-order valence-electron chi connectivity index (χ3n) is 4.13. The van der Waals surface area contributed by atoms with Gasteiger partial charge in [0, 0.05) is 12.6 Å². The van der Waals surface area contributed by atoms with Crippen LogP contribution in [0.15, 0.2) is 6.07 Å². The van der Waals surface area contributed by atoms with Crippen molar-refractivity contribution in [3.05, 3.63) is 17.5 Å².